The standard InChI is InChI=1S/C26H23BClFN3O/c1-18-17-21(32-26(18)24(14-15-30)25-3-2-16-31(25)27(32)29)9-4-19-5-10-22(11-6-19)33-23-12-7-20(28)8-13-23/h2-13,16-17H,14-15,30H2,1H3/b9-4+. The number of halogens is 2. The molecular weight excluding hydrogens is 436 g/mol. The van der Waals surface area contributed by atoms with Gasteiger partial charge in [-0.3, -0.25) is 0 Å². The molecule has 0 bridgehead atoms. The summed E-state index contributed by atoms with van der Waals surface area (Å²) >= 11 is 5.92. The van der Waals surface area contributed by atoms with Gasteiger partial charge in [-0.25, -0.2) is 0 Å². The van der Waals surface area contributed by atoms with E-state index in [4.69, 9.17) is 22.1 Å². The summed E-state index contributed by atoms with van der Waals surface area (Å²) in [6, 6.07) is 17.0. The Kier molecular flexibility index (Phi) is 5.79. The number of nitrogens with zero attached hydrogens (tertiary/aromatic N) is 2. The average Bonchev–Trinajstić information content (AvgIpc) is 3.43. The quantitative estimate of drug-likeness (QED) is 0.464. The van der Waals surface area contributed by atoms with E-state index in [0.717, 1.165) is 45.3 Å². The maximum atomic E-state index is 15.5. The van der Waals surface area contributed by atoms with E-state index in [9.17, 15) is 0 Å². The highest BCUT2D eigenvalue weighted by molar-refractivity contribution is 6.43. The van der Waals surface area contributed by atoms with Crippen LogP contribution in [0.1, 0.15) is 28.9 Å². The van der Waals surface area contributed by atoms with Crippen LogP contribution < -0.4 is 10.5 Å². The largest absolute Gasteiger partial charge is 0.533 e. The summed E-state index contributed by atoms with van der Waals surface area (Å²) in [5, 5.41) is 0.668. The van der Waals surface area contributed by atoms with Crippen LogP contribution >= 0.6 is 11.6 Å². The summed E-state index contributed by atoms with van der Waals surface area (Å²) in [6.45, 7) is 2.53. The molecule has 0 saturated heterocycles. The third kappa shape index (κ3) is 4.08. The zero-order valence-corrected chi connectivity index (χ0v) is 19.0. The first-order valence-corrected chi connectivity index (χ1v) is 11.2. The van der Waals surface area contributed by atoms with Gasteiger partial charge in [-0.1, -0.05) is 29.8 Å². The van der Waals surface area contributed by atoms with Gasteiger partial charge in [0.2, 0.25) is 0 Å². The fraction of sp³-hybridized carbons (Fsp3) is 0.115. The first-order valence-electron chi connectivity index (χ1n) is 10.9. The molecular formula is C26H23BClFN3O. The summed E-state index contributed by atoms with van der Waals surface area (Å²) in [5.41, 5.74) is 11.6. The van der Waals surface area contributed by atoms with E-state index in [1.807, 2.05) is 73.7 Å². The van der Waals surface area contributed by atoms with E-state index >= 15 is 4.32 Å². The summed E-state index contributed by atoms with van der Waals surface area (Å²) in [7, 11) is -1.30. The van der Waals surface area contributed by atoms with Crippen LogP contribution in [0.3, 0.4) is 0 Å². The molecule has 1 radical (unpaired) electrons. The molecule has 165 valence electrons. The van der Waals surface area contributed by atoms with Gasteiger partial charge in [0.05, 0.1) is 0 Å². The maximum Gasteiger partial charge on any atom is 0.533 e. The van der Waals surface area contributed by atoms with Crippen molar-refractivity contribution < 1.29 is 13.5 Å². The van der Waals surface area contributed by atoms with Gasteiger partial charge < -0.3 is 23.8 Å². The zero-order valence-electron chi connectivity index (χ0n) is 18.2. The van der Waals surface area contributed by atoms with Crippen molar-refractivity contribution in [2.45, 2.75) is 13.3 Å². The van der Waals surface area contributed by atoms with Crippen molar-refractivity contribution in [2.75, 3.05) is 6.54 Å². The van der Waals surface area contributed by atoms with E-state index in [0.29, 0.717) is 18.0 Å². The van der Waals surface area contributed by atoms with Crippen molar-refractivity contribution in [3.8, 4) is 11.5 Å². The highest BCUT2D eigenvalue weighted by atomic mass is 35.5. The Morgan fingerprint density at radius 3 is 2.48 bits per heavy atom. The Morgan fingerprint density at radius 1 is 1.09 bits per heavy atom. The van der Waals surface area contributed by atoms with E-state index in [2.05, 4.69) is 0 Å². The van der Waals surface area contributed by atoms with Crippen LogP contribution in [0.5, 0.6) is 11.5 Å². The minimum absolute atomic E-state index is 0.512. The summed E-state index contributed by atoms with van der Waals surface area (Å²) in [5.74, 6) is 1.45. The highest BCUT2D eigenvalue weighted by Gasteiger charge is 2.34. The lowest BCUT2D eigenvalue weighted by atomic mass is 9.91. The van der Waals surface area contributed by atoms with Crippen LogP contribution in [0.25, 0.3) is 17.7 Å². The van der Waals surface area contributed by atoms with Crippen molar-refractivity contribution in [3.05, 3.63) is 100.0 Å². The molecule has 3 aromatic rings. The second-order valence-corrected chi connectivity index (χ2v) is 8.49. The van der Waals surface area contributed by atoms with Gasteiger partial charge in [0, 0.05) is 34.1 Å². The fourth-order valence-corrected chi connectivity index (χ4v) is 4.49. The van der Waals surface area contributed by atoms with Gasteiger partial charge in [-0.15, -0.1) is 0 Å². The lowest BCUT2D eigenvalue weighted by molar-refractivity contribution is -0.329. The molecule has 1 aromatic heterocycles. The molecule has 7 heteroatoms. The Bertz CT molecular complexity index is 1320. The van der Waals surface area contributed by atoms with Crippen molar-refractivity contribution in [1.82, 2.24) is 4.48 Å². The molecule has 0 amide bonds. The number of benzene rings is 2. The van der Waals surface area contributed by atoms with Gasteiger partial charge in [0.15, 0.2) is 5.70 Å². The SMILES string of the molecule is Cc1cc(/C=C/c2ccc(Oc3ccc(Cl)cc3)cc2)n2c1C(CCN)=C1C=CC=[N+]1[B-]2F. The van der Waals surface area contributed by atoms with Gasteiger partial charge in [0.1, 0.15) is 17.7 Å². The van der Waals surface area contributed by atoms with Crippen LogP contribution in [-0.2, 0) is 0 Å². The van der Waals surface area contributed by atoms with E-state index < -0.39 is 7.26 Å². The molecule has 0 atom stereocenters. The van der Waals surface area contributed by atoms with Crippen molar-refractivity contribution in [2.24, 2.45) is 5.73 Å². The Labute approximate surface area is 197 Å². The topological polar surface area (TPSA) is 43.2 Å². The molecule has 33 heavy (non-hydrogen) atoms. The number of hydrogen-bond donors (Lipinski definition) is 1. The van der Waals surface area contributed by atoms with Crippen molar-refractivity contribution in [3.63, 3.8) is 0 Å². The van der Waals surface area contributed by atoms with Gasteiger partial charge >= 0.3 is 7.26 Å². The van der Waals surface area contributed by atoms with Crippen LogP contribution in [-0.4, -0.2) is 29.0 Å². The number of aryl methyl sites for hydroxylation is 1. The third-order valence-electron chi connectivity index (χ3n) is 5.84. The number of ether oxygens (including phenoxy) is 1. The van der Waals surface area contributed by atoms with Gasteiger partial charge in [-0.05, 0) is 79.6 Å². The van der Waals surface area contributed by atoms with Crippen LogP contribution in [0.15, 0.2) is 72.4 Å². The second-order valence-electron chi connectivity index (χ2n) is 8.06. The molecule has 3 heterocycles. The minimum Gasteiger partial charge on any atom is -0.457 e. The molecule has 2 aliphatic rings. The number of nitrogens with two attached hydrogens (primary N) is 1. The molecule has 0 spiro atoms. The summed E-state index contributed by atoms with van der Waals surface area (Å²) in [4.78, 5) is 0. The molecule has 0 fully saturated rings. The molecule has 2 aliphatic heterocycles. The smallest absolute Gasteiger partial charge is 0.457 e. The zero-order chi connectivity index (χ0) is 22.9. The number of fused-ring (bicyclic) bond motifs is 2. The van der Waals surface area contributed by atoms with Crippen LogP contribution in [0.4, 0.5) is 4.32 Å². The predicted octanol–water partition coefficient (Wildman–Crippen LogP) is 5.94. The number of aromatic nitrogens is 1. The molecule has 0 aliphatic carbocycles. The van der Waals surface area contributed by atoms with Crippen molar-refractivity contribution >= 4 is 42.8 Å². The Hall–Kier alpha value is -3.35. The normalized spacial score (nSPS) is 15.2. The van der Waals surface area contributed by atoms with E-state index in [-0.39, 0.29) is 0 Å². The lowest BCUT2D eigenvalue weighted by Crippen LogP contribution is -2.39. The molecule has 2 N–H and O–H groups in total. The van der Waals surface area contributed by atoms with Gasteiger partial charge in [-0.2, -0.15) is 0 Å². The highest BCUT2D eigenvalue weighted by Crippen LogP contribution is 2.36. The second kappa shape index (κ2) is 8.89. The Balaban J connectivity index is 1.41. The maximum absolute atomic E-state index is 15.5. The predicted molar refractivity (Wildman–Crippen MR) is 134 cm³/mol. The summed E-state index contributed by atoms with van der Waals surface area (Å²) in [6.07, 6.45) is 10.2. The number of allylic oxidation sites excluding steroid dienone is 2. The van der Waals surface area contributed by atoms with Crippen LogP contribution in [0.2, 0.25) is 5.02 Å². The number of hydrogen-bond acceptors (Lipinski definition) is 2. The average molecular weight is 459 g/mol. The van der Waals surface area contributed by atoms with E-state index in [1.54, 1.807) is 27.3 Å². The van der Waals surface area contributed by atoms with Gasteiger partial charge in [0.25, 0.3) is 0 Å². The lowest BCUT2D eigenvalue weighted by Gasteiger charge is -2.30. The monoisotopic (exact) mass is 458 g/mol. The first-order chi connectivity index (χ1) is 16.0. The van der Waals surface area contributed by atoms with Crippen molar-refractivity contribution in [1.29, 1.82) is 0 Å². The Morgan fingerprint density at radius 2 is 1.79 bits per heavy atom. The summed E-state index contributed by atoms with van der Waals surface area (Å²) < 4.78 is 24.8. The van der Waals surface area contributed by atoms with E-state index in [1.165, 1.54) is 0 Å². The molecule has 4 nitrogen and oxygen atoms in total. The molecule has 2 aromatic carbocycles. The molecule has 5 rings (SSSR count). The third-order valence-corrected chi connectivity index (χ3v) is 6.10. The first kappa shape index (κ1) is 21.5. The fourth-order valence-electron chi connectivity index (χ4n) is 4.36. The minimum atomic E-state index is -1.30. The number of rotatable bonds is 6. The van der Waals surface area contributed by atoms with Crippen LogP contribution in [0, 0.1) is 6.92 Å². The molecule has 0 unspecified atom stereocenters. The molecule has 0 saturated carbocycles.